The number of rotatable bonds is 20. The summed E-state index contributed by atoms with van der Waals surface area (Å²) in [5, 5.41) is 10.5. The number of benzene rings is 2. The van der Waals surface area contributed by atoms with Crippen LogP contribution in [-0.4, -0.2) is 94.0 Å². The smallest absolute Gasteiger partial charge is 0.240 e. The molecule has 1 aromatic heterocycles. The molecule has 3 atom stereocenters. The Kier molecular flexibility index (Phi) is 13.8. The molecule has 3 aromatic rings. The maximum atomic E-state index is 13.0. The van der Waals surface area contributed by atoms with Crippen LogP contribution < -0.4 is 30.2 Å². The average molecular weight is 733 g/mol. The average Bonchev–Trinajstić information content (AvgIpc) is 3.82. The van der Waals surface area contributed by atoms with Gasteiger partial charge in [-0.2, -0.15) is 11.8 Å². The summed E-state index contributed by atoms with van der Waals surface area (Å²) in [7, 11) is 2.02. The predicted molar refractivity (Wildman–Crippen MR) is 201 cm³/mol. The van der Waals surface area contributed by atoms with Crippen molar-refractivity contribution in [3.05, 3.63) is 72.2 Å². The van der Waals surface area contributed by atoms with Gasteiger partial charge >= 0.3 is 0 Å². The number of fused-ring (bicyclic) bond motifs is 3. The van der Waals surface area contributed by atoms with Crippen LogP contribution >= 0.6 is 11.8 Å². The number of thioether (sulfide) groups is 1. The molecule has 3 unspecified atom stereocenters. The zero-order valence-electron chi connectivity index (χ0n) is 29.8. The molecular formula is C39H50N5O7S+. The molecule has 0 aliphatic carbocycles. The molecule has 0 radical (unpaired) electrons. The zero-order valence-corrected chi connectivity index (χ0v) is 30.7. The quantitative estimate of drug-likeness (QED) is 0.118. The summed E-state index contributed by atoms with van der Waals surface area (Å²) < 4.78 is 25.0. The van der Waals surface area contributed by atoms with E-state index in [-0.39, 0.29) is 24.3 Å². The van der Waals surface area contributed by atoms with Gasteiger partial charge < -0.3 is 34.9 Å². The van der Waals surface area contributed by atoms with Gasteiger partial charge in [0.05, 0.1) is 50.7 Å². The van der Waals surface area contributed by atoms with Gasteiger partial charge in [0.15, 0.2) is 11.9 Å². The number of carbonyl (C=O) groups excluding carboxylic acids is 3. The van der Waals surface area contributed by atoms with Crippen molar-refractivity contribution in [1.29, 1.82) is 0 Å². The van der Waals surface area contributed by atoms with E-state index >= 15 is 0 Å². The molecule has 3 amide bonds. The zero-order chi connectivity index (χ0) is 36.1. The van der Waals surface area contributed by atoms with Gasteiger partial charge in [0.2, 0.25) is 29.1 Å². The maximum absolute atomic E-state index is 13.0. The van der Waals surface area contributed by atoms with E-state index in [0.717, 1.165) is 47.2 Å². The van der Waals surface area contributed by atoms with Crippen molar-refractivity contribution < 1.29 is 37.9 Å². The lowest BCUT2D eigenvalue weighted by atomic mass is 9.97. The Hall–Kier alpha value is -4.17. The minimum Gasteiger partial charge on any atom is -0.439 e. The fraction of sp³-hybridized carbons (Fsp3) is 0.487. The normalized spacial score (nSPS) is 19.8. The summed E-state index contributed by atoms with van der Waals surface area (Å²) in [5.74, 6) is 2.95. The molecule has 2 aromatic carbocycles. The van der Waals surface area contributed by atoms with E-state index in [1.165, 1.54) is 0 Å². The molecule has 3 aliphatic heterocycles. The second-order valence-corrected chi connectivity index (χ2v) is 14.5. The highest BCUT2D eigenvalue weighted by Gasteiger charge is 2.42. The highest BCUT2D eigenvalue weighted by molar-refractivity contribution is 8.00. The molecule has 52 heavy (non-hydrogen) atoms. The van der Waals surface area contributed by atoms with Crippen LogP contribution in [0.4, 0.5) is 5.69 Å². The van der Waals surface area contributed by atoms with E-state index in [9.17, 15) is 14.4 Å². The van der Waals surface area contributed by atoms with Gasteiger partial charge in [-0.25, -0.2) is 4.57 Å². The fourth-order valence-corrected chi connectivity index (χ4v) is 8.51. The molecule has 6 rings (SSSR count). The number of nitrogens with one attached hydrogen (secondary N) is 3. The molecule has 3 N–H and O–H groups in total. The molecule has 2 saturated heterocycles. The van der Waals surface area contributed by atoms with Crippen molar-refractivity contribution in [3.8, 4) is 5.75 Å². The number of anilines is 1. The third kappa shape index (κ3) is 10.2. The number of unbranched alkanes of at least 4 members (excludes halogenated alkanes) is 1. The lowest BCUT2D eigenvalue weighted by Gasteiger charge is -2.18. The van der Waals surface area contributed by atoms with Crippen LogP contribution in [0.2, 0.25) is 0 Å². The van der Waals surface area contributed by atoms with Gasteiger partial charge in [-0.1, -0.05) is 30.7 Å². The largest absolute Gasteiger partial charge is 0.439 e. The second-order valence-electron chi connectivity index (χ2n) is 13.2. The van der Waals surface area contributed by atoms with E-state index in [2.05, 4.69) is 32.7 Å². The first kappa shape index (κ1) is 37.6. The maximum Gasteiger partial charge on any atom is 0.240 e. The van der Waals surface area contributed by atoms with E-state index in [0.29, 0.717) is 94.4 Å². The van der Waals surface area contributed by atoms with Gasteiger partial charge in [0.25, 0.3) is 0 Å². The number of aryl methyl sites for hydroxylation is 1. The number of amides is 3. The predicted octanol–water partition coefficient (Wildman–Crippen LogP) is 3.32. The molecule has 2 fully saturated rings. The fourth-order valence-electron chi connectivity index (χ4n) is 6.86. The van der Waals surface area contributed by atoms with Crippen LogP contribution in [-0.2, 0) is 35.6 Å². The molecule has 4 heterocycles. The Morgan fingerprint density at radius 1 is 0.942 bits per heavy atom. The van der Waals surface area contributed by atoms with Crippen LogP contribution in [0.15, 0.2) is 66.7 Å². The summed E-state index contributed by atoms with van der Waals surface area (Å²) in [5.41, 5.74) is 2.95. The van der Waals surface area contributed by atoms with Gasteiger partial charge in [-0.15, -0.1) is 0 Å². The van der Waals surface area contributed by atoms with Crippen molar-refractivity contribution >= 4 is 52.1 Å². The first-order valence-electron chi connectivity index (χ1n) is 18.3. The minimum absolute atomic E-state index is 0.0440. The van der Waals surface area contributed by atoms with Crippen LogP contribution in [0, 0.1) is 5.92 Å². The first-order chi connectivity index (χ1) is 25.5. The monoisotopic (exact) mass is 732 g/mol. The van der Waals surface area contributed by atoms with E-state index in [1.54, 1.807) is 0 Å². The molecule has 0 spiro atoms. The lowest BCUT2D eigenvalue weighted by molar-refractivity contribution is -0.644. The number of hydrogen-bond donors (Lipinski definition) is 3. The van der Waals surface area contributed by atoms with Crippen LogP contribution in [0.1, 0.15) is 37.7 Å². The van der Waals surface area contributed by atoms with Crippen LogP contribution in [0.3, 0.4) is 0 Å². The SMILES string of the molecule is C[n+]1ccc(C=C2Oc3ccccc3N2CC(=O)NCCOCCOCCOCCNC(=O)CCCCC2SCC3CC(=O)NC32)c2ccccc21. The van der Waals surface area contributed by atoms with E-state index in [1.807, 2.05) is 78.4 Å². The van der Waals surface area contributed by atoms with Gasteiger partial charge in [-0.05, 0) is 48.3 Å². The lowest BCUT2D eigenvalue weighted by Crippen LogP contribution is -2.37. The topological polar surface area (TPSA) is 131 Å². The van der Waals surface area contributed by atoms with E-state index in [4.69, 9.17) is 18.9 Å². The molecule has 13 heteroatoms. The molecular weight excluding hydrogens is 683 g/mol. The van der Waals surface area contributed by atoms with Crippen molar-refractivity contribution in [2.45, 2.75) is 43.4 Å². The Morgan fingerprint density at radius 2 is 1.65 bits per heavy atom. The van der Waals surface area contributed by atoms with Gasteiger partial charge in [-0.3, -0.25) is 19.3 Å². The Morgan fingerprint density at radius 3 is 2.46 bits per heavy atom. The number of aromatic nitrogens is 1. The van der Waals surface area contributed by atoms with Crippen LogP contribution in [0.5, 0.6) is 5.75 Å². The Balaban J connectivity index is 0.781. The Bertz CT molecular complexity index is 1720. The minimum atomic E-state index is -0.138. The number of carbonyl (C=O) groups is 3. The summed E-state index contributed by atoms with van der Waals surface area (Å²) >= 11 is 1.96. The molecule has 278 valence electrons. The second kappa shape index (κ2) is 19.1. The molecule has 0 bridgehead atoms. The number of para-hydroxylation sites is 3. The van der Waals surface area contributed by atoms with Crippen molar-refractivity contribution in [2.75, 3.05) is 69.9 Å². The van der Waals surface area contributed by atoms with Gasteiger partial charge in [0.1, 0.15) is 13.6 Å². The highest BCUT2D eigenvalue weighted by Crippen LogP contribution is 2.40. The van der Waals surface area contributed by atoms with Crippen molar-refractivity contribution in [1.82, 2.24) is 16.0 Å². The van der Waals surface area contributed by atoms with Gasteiger partial charge in [0, 0.05) is 55.4 Å². The summed E-state index contributed by atoms with van der Waals surface area (Å²) in [6, 6.07) is 18.3. The van der Waals surface area contributed by atoms with Crippen LogP contribution in [0.25, 0.3) is 17.0 Å². The first-order valence-corrected chi connectivity index (χ1v) is 19.3. The Labute approximate surface area is 309 Å². The van der Waals surface area contributed by atoms with Crippen molar-refractivity contribution in [2.24, 2.45) is 13.0 Å². The third-order valence-electron chi connectivity index (χ3n) is 9.52. The number of pyridine rings is 1. The standard InChI is InChI=1S/C39H49N5O7S/c1-43-17-14-28(30-8-2-3-9-31(30)43)25-38-44(32-10-4-5-11-33(32)51-38)26-37(47)41-16-19-49-21-23-50-22-20-48-18-15-40-35(45)13-7-6-12-34-39-29(27-52-34)24-36(46)42-39/h2-5,8-11,14,17,25,29,34,39H,6-7,12-13,15-16,18-24,26-27H2,1H3,(H2-,40,41,42,45,46,47)/p+1. The number of hydrogen-bond acceptors (Lipinski definition) is 9. The number of ether oxygens (including phenoxy) is 4. The molecule has 3 aliphatic rings. The molecule has 12 nitrogen and oxygen atoms in total. The highest BCUT2D eigenvalue weighted by atomic mass is 32.2. The van der Waals surface area contributed by atoms with E-state index < -0.39 is 0 Å². The summed E-state index contributed by atoms with van der Waals surface area (Å²) in [4.78, 5) is 38.6. The van der Waals surface area contributed by atoms with Crippen molar-refractivity contribution in [3.63, 3.8) is 0 Å². The summed E-state index contributed by atoms with van der Waals surface area (Å²) in [6.45, 7) is 3.45. The third-order valence-corrected chi connectivity index (χ3v) is 11.1. The number of nitrogens with zero attached hydrogens (tertiary/aromatic N) is 2. The summed E-state index contributed by atoms with van der Waals surface area (Å²) in [6.07, 6.45) is 8.07. The molecule has 0 saturated carbocycles.